The summed E-state index contributed by atoms with van der Waals surface area (Å²) in [5.41, 5.74) is 6.42. The number of nitriles is 1. The molecule has 0 saturated carbocycles. The summed E-state index contributed by atoms with van der Waals surface area (Å²) in [6, 6.07) is 6.32. The molecular weight excluding hydrogens is 223 g/mol. The molecule has 76 valence electrons. The van der Waals surface area contributed by atoms with Crippen molar-refractivity contribution >= 4 is 24.0 Å². The molecule has 14 heavy (non-hydrogen) atoms. The molecule has 0 aromatic heterocycles. The van der Waals surface area contributed by atoms with Crippen molar-refractivity contribution in [1.82, 2.24) is 0 Å². The fourth-order valence-corrected chi connectivity index (χ4v) is 1.16. The Hall–Kier alpha value is -0.950. The molecule has 0 heterocycles. The molecule has 1 atom stereocenters. The molecule has 0 saturated heterocycles. The molecule has 3 nitrogen and oxygen atoms in total. The topological polar surface area (TPSA) is 70.0 Å². The van der Waals surface area contributed by atoms with Crippen molar-refractivity contribution in [3.63, 3.8) is 0 Å². The van der Waals surface area contributed by atoms with Crippen LogP contribution >= 0.6 is 24.0 Å². The zero-order valence-electron chi connectivity index (χ0n) is 7.27. The predicted octanol–water partition coefficient (Wildman–Crippen LogP) is 2.38. The van der Waals surface area contributed by atoms with Crippen LogP contribution in [-0.2, 0) is 0 Å². The van der Waals surface area contributed by atoms with Crippen LogP contribution in [0, 0.1) is 11.3 Å². The largest absolute Gasteiger partial charge is 0.506 e. The van der Waals surface area contributed by atoms with Crippen molar-refractivity contribution in [2.24, 2.45) is 5.73 Å². The molecule has 0 spiro atoms. The molecule has 0 bridgehead atoms. The van der Waals surface area contributed by atoms with Crippen LogP contribution in [0.1, 0.15) is 18.0 Å². The van der Waals surface area contributed by atoms with Crippen LogP contribution < -0.4 is 5.73 Å². The van der Waals surface area contributed by atoms with Crippen LogP contribution in [0.4, 0.5) is 0 Å². The summed E-state index contributed by atoms with van der Waals surface area (Å²) < 4.78 is 0. The molecule has 0 aliphatic heterocycles. The van der Waals surface area contributed by atoms with E-state index < -0.39 is 0 Å². The van der Waals surface area contributed by atoms with Gasteiger partial charge in [-0.3, -0.25) is 0 Å². The van der Waals surface area contributed by atoms with E-state index in [0.717, 1.165) is 5.56 Å². The monoisotopic (exact) mass is 232 g/mol. The number of aromatic hydroxyl groups is 1. The summed E-state index contributed by atoms with van der Waals surface area (Å²) in [7, 11) is 0. The number of phenolic OH excluding ortho intramolecular Hbond substituents is 1. The third kappa shape index (κ3) is 3.08. The molecule has 1 aromatic carbocycles. The van der Waals surface area contributed by atoms with Gasteiger partial charge in [0.2, 0.25) is 0 Å². The lowest BCUT2D eigenvalue weighted by Crippen LogP contribution is -2.08. The Morgan fingerprint density at radius 3 is 2.71 bits per heavy atom. The standard InChI is InChI=1S/C9H9ClN2O.ClH/c10-7-5-6(1-2-9(7)13)8(12)3-4-11;/h1-2,5,8,13H,3,12H2;1H/t8-;/m1./s1. The number of phenols is 1. The van der Waals surface area contributed by atoms with E-state index in [9.17, 15) is 0 Å². The van der Waals surface area contributed by atoms with E-state index in [1.807, 2.05) is 6.07 Å². The maximum Gasteiger partial charge on any atom is 0.134 e. The first-order valence-corrected chi connectivity index (χ1v) is 4.14. The minimum Gasteiger partial charge on any atom is -0.506 e. The molecule has 3 N–H and O–H groups in total. The number of rotatable bonds is 2. The number of hydrogen-bond donors (Lipinski definition) is 2. The van der Waals surface area contributed by atoms with Gasteiger partial charge in [0.05, 0.1) is 17.5 Å². The van der Waals surface area contributed by atoms with Gasteiger partial charge in [-0.05, 0) is 17.7 Å². The summed E-state index contributed by atoms with van der Waals surface area (Å²) in [4.78, 5) is 0. The van der Waals surface area contributed by atoms with Gasteiger partial charge in [0.15, 0.2) is 0 Å². The predicted molar refractivity (Wildman–Crippen MR) is 57.5 cm³/mol. The van der Waals surface area contributed by atoms with Gasteiger partial charge < -0.3 is 10.8 Å². The molecule has 0 aliphatic rings. The maximum absolute atomic E-state index is 9.12. The third-order valence-corrected chi connectivity index (χ3v) is 2.01. The van der Waals surface area contributed by atoms with Gasteiger partial charge in [0, 0.05) is 6.04 Å². The van der Waals surface area contributed by atoms with E-state index in [2.05, 4.69) is 0 Å². The van der Waals surface area contributed by atoms with Crippen molar-refractivity contribution in [3.8, 4) is 11.8 Å². The fraction of sp³-hybridized carbons (Fsp3) is 0.222. The summed E-state index contributed by atoms with van der Waals surface area (Å²) >= 11 is 5.67. The van der Waals surface area contributed by atoms with Crippen LogP contribution in [-0.4, -0.2) is 5.11 Å². The summed E-state index contributed by atoms with van der Waals surface area (Å²) in [5, 5.41) is 17.8. The van der Waals surface area contributed by atoms with Crippen molar-refractivity contribution in [1.29, 1.82) is 5.26 Å². The number of nitrogens with zero attached hydrogens (tertiary/aromatic N) is 1. The van der Waals surface area contributed by atoms with E-state index in [4.69, 9.17) is 27.7 Å². The highest BCUT2D eigenvalue weighted by molar-refractivity contribution is 6.32. The smallest absolute Gasteiger partial charge is 0.134 e. The van der Waals surface area contributed by atoms with Crippen LogP contribution in [0.3, 0.4) is 0 Å². The molecule has 5 heteroatoms. The second-order valence-corrected chi connectivity index (χ2v) is 3.09. The number of hydrogen-bond acceptors (Lipinski definition) is 3. The van der Waals surface area contributed by atoms with Crippen LogP contribution in [0.2, 0.25) is 5.02 Å². The van der Waals surface area contributed by atoms with Crippen molar-refractivity contribution in [3.05, 3.63) is 28.8 Å². The van der Waals surface area contributed by atoms with Gasteiger partial charge in [0.25, 0.3) is 0 Å². The van der Waals surface area contributed by atoms with Crippen LogP contribution in [0.15, 0.2) is 18.2 Å². The highest BCUT2D eigenvalue weighted by atomic mass is 35.5. The zero-order chi connectivity index (χ0) is 9.84. The number of halogens is 2. The second-order valence-electron chi connectivity index (χ2n) is 2.68. The van der Waals surface area contributed by atoms with E-state index in [1.54, 1.807) is 12.1 Å². The maximum atomic E-state index is 9.12. The average molecular weight is 233 g/mol. The highest BCUT2D eigenvalue weighted by Crippen LogP contribution is 2.26. The lowest BCUT2D eigenvalue weighted by atomic mass is 10.1. The Balaban J connectivity index is 0.00000169. The first-order chi connectivity index (χ1) is 6.15. The fourth-order valence-electron chi connectivity index (χ4n) is 0.970. The van der Waals surface area contributed by atoms with E-state index in [-0.39, 0.29) is 35.6 Å². The van der Waals surface area contributed by atoms with E-state index in [1.165, 1.54) is 6.07 Å². The van der Waals surface area contributed by atoms with Crippen molar-refractivity contribution < 1.29 is 5.11 Å². The van der Waals surface area contributed by atoms with Gasteiger partial charge in [-0.25, -0.2) is 0 Å². The lowest BCUT2D eigenvalue weighted by Gasteiger charge is -2.08. The Bertz CT molecular complexity index is 349. The first kappa shape index (κ1) is 13.1. The molecule has 0 unspecified atom stereocenters. The third-order valence-electron chi connectivity index (χ3n) is 1.71. The van der Waals surface area contributed by atoms with Gasteiger partial charge in [-0.1, -0.05) is 17.7 Å². The Labute approximate surface area is 93.5 Å². The molecular formula is C9H10Cl2N2O. The molecule has 0 fully saturated rings. The summed E-state index contributed by atoms with van der Waals surface area (Å²) in [6.45, 7) is 0. The van der Waals surface area contributed by atoms with Crippen LogP contribution in [0.5, 0.6) is 5.75 Å². The summed E-state index contributed by atoms with van der Waals surface area (Å²) in [6.07, 6.45) is 0.237. The quantitative estimate of drug-likeness (QED) is 0.823. The van der Waals surface area contributed by atoms with Crippen molar-refractivity contribution in [2.75, 3.05) is 0 Å². The number of nitrogens with two attached hydrogens (primary N) is 1. The minimum atomic E-state index is -0.344. The zero-order valence-corrected chi connectivity index (χ0v) is 8.85. The van der Waals surface area contributed by atoms with Crippen LogP contribution in [0.25, 0.3) is 0 Å². The van der Waals surface area contributed by atoms with Crippen molar-refractivity contribution in [2.45, 2.75) is 12.5 Å². The number of benzene rings is 1. The van der Waals surface area contributed by atoms with E-state index in [0.29, 0.717) is 0 Å². The normalized spacial score (nSPS) is 11.2. The first-order valence-electron chi connectivity index (χ1n) is 3.76. The van der Waals surface area contributed by atoms with Gasteiger partial charge in [-0.15, -0.1) is 12.4 Å². The lowest BCUT2D eigenvalue weighted by molar-refractivity contribution is 0.475. The van der Waals surface area contributed by atoms with Gasteiger partial charge >= 0.3 is 0 Å². The van der Waals surface area contributed by atoms with Gasteiger partial charge in [-0.2, -0.15) is 5.26 Å². The molecule has 0 aliphatic carbocycles. The second kappa shape index (κ2) is 5.71. The minimum absolute atomic E-state index is 0. The Morgan fingerprint density at radius 1 is 1.57 bits per heavy atom. The average Bonchev–Trinajstić information content (AvgIpc) is 2.10. The van der Waals surface area contributed by atoms with E-state index >= 15 is 0 Å². The SMILES string of the molecule is Cl.N#CC[C@@H](N)c1ccc(O)c(Cl)c1. The Kier molecular flexibility index (Phi) is 5.32. The molecule has 0 radical (unpaired) electrons. The van der Waals surface area contributed by atoms with Gasteiger partial charge in [0.1, 0.15) is 5.75 Å². The molecule has 0 amide bonds. The Morgan fingerprint density at radius 2 is 2.21 bits per heavy atom. The highest BCUT2D eigenvalue weighted by Gasteiger charge is 2.07. The molecule has 1 rings (SSSR count). The summed E-state index contributed by atoms with van der Waals surface area (Å²) in [5.74, 6) is 0.0228. The molecule has 1 aromatic rings.